The van der Waals surface area contributed by atoms with Crippen LogP contribution in [0.4, 0.5) is 10.1 Å². The highest BCUT2D eigenvalue weighted by atomic mass is 35.5. The molecule has 2 aromatic carbocycles. The molecule has 0 radical (unpaired) electrons. The van der Waals surface area contributed by atoms with Crippen molar-refractivity contribution in [3.8, 4) is 11.4 Å². The summed E-state index contributed by atoms with van der Waals surface area (Å²) in [5.74, 6) is -1.53. The summed E-state index contributed by atoms with van der Waals surface area (Å²) < 4.78 is 27.9. The number of ether oxygens (including phenoxy) is 2. The number of rotatable bonds is 11. The SMILES string of the molecule is CCOc1cc(F)c(Cl)cc1C(=O)NCC(C)(C)CC(=O)Nc1c([C@@H](C)OC)n(C)n(-c2ccccc2)c1=O. The molecule has 0 spiro atoms. The third kappa shape index (κ3) is 6.88. The lowest BCUT2D eigenvalue weighted by Crippen LogP contribution is -2.37. The third-order valence-electron chi connectivity index (χ3n) is 6.25. The van der Waals surface area contributed by atoms with Crippen LogP contribution >= 0.6 is 11.6 Å². The molecule has 2 N–H and O–H groups in total. The van der Waals surface area contributed by atoms with Gasteiger partial charge in [0.25, 0.3) is 11.5 Å². The average molecular weight is 561 g/mol. The van der Waals surface area contributed by atoms with Gasteiger partial charge in [-0.25, -0.2) is 9.07 Å². The lowest BCUT2D eigenvalue weighted by molar-refractivity contribution is -0.118. The maximum absolute atomic E-state index is 13.9. The second-order valence-electron chi connectivity index (χ2n) is 9.88. The number of halogens is 2. The van der Waals surface area contributed by atoms with E-state index in [9.17, 15) is 18.8 Å². The number of nitrogens with one attached hydrogen (secondary N) is 2. The summed E-state index contributed by atoms with van der Waals surface area (Å²) in [4.78, 5) is 39.4. The van der Waals surface area contributed by atoms with E-state index >= 15 is 0 Å². The van der Waals surface area contributed by atoms with Crippen molar-refractivity contribution in [2.75, 3.05) is 25.6 Å². The van der Waals surface area contributed by atoms with Crippen LogP contribution in [0.3, 0.4) is 0 Å². The van der Waals surface area contributed by atoms with E-state index in [1.54, 1.807) is 51.6 Å². The summed E-state index contributed by atoms with van der Waals surface area (Å²) in [6, 6.07) is 11.4. The van der Waals surface area contributed by atoms with Crippen molar-refractivity contribution >= 4 is 29.1 Å². The molecule has 3 aromatic rings. The van der Waals surface area contributed by atoms with E-state index in [0.29, 0.717) is 11.4 Å². The minimum atomic E-state index is -0.699. The molecule has 0 aliphatic heterocycles. The maximum atomic E-state index is 13.9. The molecule has 0 saturated carbocycles. The quantitative estimate of drug-likeness (QED) is 0.349. The fraction of sp³-hybridized carbons (Fsp3) is 0.393. The van der Waals surface area contributed by atoms with Crippen molar-refractivity contribution in [3.05, 3.63) is 74.9 Å². The molecule has 1 atom stereocenters. The Morgan fingerprint density at radius 3 is 2.46 bits per heavy atom. The number of anilines is 1. The Labute approximate surface area is 231 Å². The summed E-state index contributed by atoms with van der Waals surface area (Å²) in [7, 11) is 3.25. The number of hydrogen-bond acceptors (Lipinski definition) is 5. The van der Waals surface area contributed by atoms with E-state index in [0.717, 1.165) is 6.07 Å². The van der Waals surface area contributed by atoms with E-state index in [1.165, 1.54) is 17.9 Å². The highest BCUT2D eigenvalue weighted by molar-refractivity contribution is 6.31. The average Bonchev–Trinajstić information content (AvgIpc) is 3.13. The molecule has 39 heavy (non-hydrogen) atoms. The Bertz CT molecular complexity index is 1400. The van der Waals surface area contributed by atoms with E-state index < -0.39 is 34.7 Å². The summed E-state index contributed by atoms with van der Waals surface area (Å²) in [6.07, 6.45) is -0.478. The smallest absolute Gasteiger partial charge is 0.295 e. The van der Waals surface area contributed by atoms with Crippen LogP contribution in [0.25, 0.3) is 5.69 Å². The molecule has 9 nitrogen and oxygen atoms in total. The number of aromatic nitrogens is 2. The first-order chi connectivity index (χ1) is 18.4. The van der Waals surface area contributed by atoms with Gasteiger partial charge in [0.05, 0.1) is 34.7 Å². The number of hydrogen-bond donors (Lipinski definition) is 2. The molecule has 0 aliphatic carbocycles. The first-order valence-corrected chi connectivity index (χ1v) is 12.9. The zero-order chi connectivity index (χ0) is 28.9. The van der Waals surface area contributed by atoms with Crippen molar-refractivity contribution in [2.45, 2.75) is 40.2 Å². The minimum absolute atomic E-state index is 0.00372. The highest BCUT2D eigenvalue weighted by Gasteiger charge is 2.28. The number of nitrogens with zero attached hydrogens (tertiary/aromatic N) is 2. The molecule has 2 amide bonds. The second-order valence-corrected chi connectivity index (χ2v) is 10.3. The topological polar surface area (TPSA) is 104 Å². The van der Waals surface area contributed by atoms with Gasteiger partial charge in [0.15, 0.2) is 0 Å². The Hall–Kier alpha value is -3.63. The molecule has 0 unspecified atom stereocenters. The van der Waals surface area contributed by atoms with Crippen LogP contribution in [0.1, 0.15) is 56.3 Å². The van der Waals surface area contributed by atoms with Gasteiger partial charge in [0.1, 0.15) is 17.3 Å². The Morgan fingerprint density at radius 1 is 1.18 bits per heavy atom. The fourth-order valence-corrected chi connectivity index (χ4v) is 4.42. The van der Waals surface area contributed by atoms with Crippen LogP contribution < -0.4 is 20.9 Å². The monoisotopic (exact) mass is 560 g/mol. The van der Waals surface area contributed by atoms with Gasteiger partial charge < -0.3 is 20.1 Å². The molecule has 1 aromatic heterocycles. The summed E-state index contributed by atoms with van der Waals surface area (Å²) in [6.45, 7) is 7.47. The molecular weight excluding hydrogens is 527 g/mol. The Morgan fingerprint density at radius 2 is 1.85 bits per heavy atom. The predicted molar refractivity (Wildman–Crippen MR) is 148 cm³/mol. The summed E-state index contributed by atoms with van der Waals surface area (Å²) >= 11 is 5.87. The highest BCUT2D eigenvalue weighted by Crippen LogP contribution is 2.28. The molecule has 11 heteroatoms. The van der Waals surface area contributed by atoms with Gasteiger partial charge in [-0.2, -0.15) is 0 Å². The van der Waals surface area contributed by atoms with Gasteiger partial charge in [-0.3, -0.25) is 19.1 Å². The van der Waals surface area contributed by atoms with Crippen LogP contribution in [0.15, 0.2) is 47.3 Å². The molecule has 0 saturated heterocycles. The molecule has 210 valence electrons. The number of benzene rings is 2. The number of amides is 2. The minimum Gasteiger partial charge on any atom is -0.493 e. The van der Waals surface area contributed by atoms with E-state index in [4.69, 9.17) is 21.1 Å². The van der Waals surface area contributed by atoms with Crippen molar-refractivity contribution in [1.82, 2.24) is 14.7 Å². The van der Waals surface area contributed by atoms with E-state index in [2.05, 4.69) is 10.6 Å². The normalized spacial score (nSPS) is 12.2. The third-order valence-corrected chi connectivity index (χ3v) is 6.54. The predicted octanol–water partition coefficient (Wildman–Crippen LogP) is 4.86. The Balaban J connectivity index is 1.78. The van der Waals surface area contributed by atoms with Crippen LogP contribution in [0, 0.1) is 11.2 Å². The van der Waals surface area contributed by atoms with Crippen molar-refractivity contribution in [2.24, 2.45) is 12.5 Å². The molecule has 0 fully saturated rings. The summed E-state index contributed by atoms with van der Waals surface area (Å²) in [5, 5.41) is 5.34. The number of methoxy groups -OCH3 is 1. The van der Waals surface area contributed by atoms with Crippen molar-refractivity contribution < 1.29 is 23.5 Å². The van der Waals surface area contributed by atoms with Crippen molar-refractivity contribution in [1.29, 1.82) is 0 Å². The Kier molecular flexibility index (Phi) is 9.58. The molecule has 0 aliphatic rings. The molecule has 0 bridgehead atoms. The maximum Gasteiger partial charge on any atom is 0.295 e. The van der Waals surface area contributed by atoms with Crippen molar-refractivity contribution in [3.63, 3.8) is 0 Å². The van der Waals surface area contributed by atoms with Gasteiger partial charge >= 0.3 is 0 Å². The molecule has 3 rings (SSSR count). The lowest BCUT2D eigenvalue weighted by atomic mass is 9.88. The fourth-order valence-electron chi connectivity index (χ4n) is 4.25. The van der Waals surface area contributed by atoms with Gasteiger partial charge in [-0.1, -0.05) is 43.6 Å². The number of para-hydroxylation sites is 1. The summed E-state index contributed by atoms with van der Waals surface area (Å²) in [5.41, 5.74) is 0.289. The van der Waals surface area contributed by atoms with Gasteiger partial charge in [0.2, 0.25) is 5.91 Å². The van der Waals surface area contributed by atoms with Crippen LogP contribution in [-0.4, -0.2) is 41.4 Å². The second kappa shape index (κ2) is 12.5. The van der Waals surface area contributed by atoms with Crippen LogP contribution in [0.2, 0.25) is 5.02 Å². The standard InChI is InChI=1S/C28H34ClFN4O5/c1-7-39-22-14-21(30)20(29)13-19(22)26(36)31-16-28(3,4)15-23(35)32-24-25(17(2)38-6)33(5)34(27(24)37)18-11-9-8-10-12-18/h8-14,17H,7,15-16H2,1-6H3,(H,31,36)(H,32,35)/t17-/m1/s1. The number of carbonyl (C=O) groups excluding carboxylic acids is 2. The van der Waals surface area contributed by atoms with Gasteiger partial charge in [-0.05, 0) is 37.5 Å². The zero-order valence-electron chi connectivity index (χ0n) is 22.9. The van der Waals surface area contributed by atoms with Crippen LogP contribution in [-0.2, 0) is 16.6 Å². The van der Waals surface area contributed by atoms with Crippen LogP contribution in [0.5, 0.6) is 5.75 Å². The lowest BCUT2D eigenvalue weighted by Gasteiger charge is -2.24. The largest absolute Gasteiger partial charge is 0.493 e. The first kappa shape index (κ1) is 29.9. The number of carbonyl (C=O) groups is 2. The van der Waals surface area contributed by atoms with E-state index in [-0.39, 0.29) is 41.6 Å². The van der Waals surface area contributed by atoms with E-state index in [1.807, 2.05) is 18.2 Å². The molecule has 1 heterocycles. The molecular formula is C28H34ClFN4O5. The van der Waals surface area contributed by atoms with Gasteiger partial charge in [-0.15, -0.1) is 0 Å². The zero-order valence-corrected chi connectivity index (χ0v) is 23.7. The van der Waals surface area contributed by atoms with Gasteiger partial charge in [0, 0.05) is 33.2 Å². The first-order valence-electron chi connectivity index (χ1n) is 12.5.